The fraction of sp³-hybridized carbons (Fsp3) is 0.542. The van der Waals surface area contributed by atoms with Crippen molar-refractivity contribution in [3.63, 3.8) is 0 Å². The number of carbonyl (C=O) groups excluding carboxylic acids is 2. The van der Waals surface area contributed by atoms with E-state index >= 15 is 0 Å². The Morgan fingerprint density at radius 2 is 1.92 bits per heavy atom. The van der Waals surface area contributed by atoms with Gasteiger partial charge in [0.05, 0.1) is 24.0 Å². The summed E-state index contributed by atoms with van der Waals surface area (Å²) in [5, 5.41) is 2.02. The normalized spacial score (nSPS) is 21.9. The quantitative estimate of drug-likeness (QED) is 0.581. The number of aromatic nitrogens is 2. The lowest BCUT2D eigenvalue weighted by Gasteiger charge is -2.35. The molecule has 216 valence electrons. The van der Waals surface area contributed by atoms with E-state index in [2.05, 4.69) is 10.3 Å². The standard InChI is InChI=1S/C24H32F3N5O6S/c1-15-10-32(39(35,36)22-12-30(3)14-28-22)16(2)13-38-19-7-6-17(29-21(33)9-24(25,26)27)8-18(19)23(34)31(4)11-20(15)37-5/h6-8,12,14-16,20H,9-11,13H2,1-5H3,(H,29,33)/t15-,16-,20+/m0/s1. The number of hydrogen-bond donors (Lipinski definition) is 1. The molecule has 0 radical (unpaired) electrons. The van der Waals surface area contributed by atoms with E-state index in [0.717, 1.165) is 0 Å². The zero-order valence-corrected chi connectivity index (χ0v) is 23.0. The van der Waals surface area contributed by atoms with E-state index in [9.17, 15) is 31.2 Å². The molecule has 0 saturated carbocycles. The second kappa shape index (κ2) is 11.9. The average Bonchev–Trinajstić information content (AvgIpc) is 3.29. The minimum Gasteiger partial charge on any atom is -0.491 e. The summed E-state index contributed by atoms with van der Waals surface area (Å²) in [6.45, 7) is 3.43. The van der Waals surface area contributed by atoms with Gasteiger partial charge in [-0.25, -0.2) is 13.4 Å². The van der Waals surface area contributed by atoms with Crippen molar-refractivity contribution >= 4 is 27.5 Å². The van der Waals surface area contributed by atoms with Crippen LogP contribution in [0.4, 0.5) is 18.9 Å². The number of fused-ring (bicyclic) bond motifs is 1. The van der Waals surface area contributed by atoms with Gasteiger partial charge in [0, 0.05) is 46.2 Å². The predicted molar refractivity (Wildman–Crippen MR) is 135 cm³/mol. The largest absolute Gasteiger partial charge is 0.491 e. The molecular weight excluding hydrogens is 543 g/mol. The van der Waals surface area contributed by atoms with E-state index in [1.54, 1.807) is 20.9 Å². The third-order valence-electron chi connectivity index (χ3n) is 6.29. The summed E-state index contributed by atoms with van der Waals surface area (Å²) in [7, 11) is 0.587. The molecule has 2 amide bonds. The SMILES string of the molecule is CO[C@@H]1CN(C)C(=O)c2cc(NC(=O)CC(F)(F)F)ccc2OC[C@H](C)N(S(=O)(=O)c2cn(C)cn2)C[C@@H]1C. The number of aryl methyl sites for hydroxylation is 1. The molecule has 0 bridgehead atoms. The van der Waals surface area contributed by atoms with Crippen molar-refractivity contribution in [2.24, 2.45) is 13.0 Å². The summed E-state index contributed by atoms with van der Waals surface area (Å²) in [6.07, 6.45) is -4.16. The molecule has 3 rings (SSSR count). The summed E-state index contributed by atoms with van der Waals surface area (Å²) in [4.78, 5) is 30.5. The summed E-state index contributed by atoms with van der Waals surface area (Å²) in [6, 6.07) is 3.17. The van der Waals surface area contributed by atoms with Crippen molar-refractivity contribution in [1.82, 2.24) is 18.8 Å². The van der Waals surface area contributed by atoms with Crippen LogP contribution in [-0.2, 0) is 26.6 Å². The monoisotopic (exact) mass is 575 g/mol. The Bertz CT molecular complexity index is 1300. The zero-order chi connectivity index (χ0) is 29.1. The molecule has 1 N–H and O–H groups in total. The summed E-state index contributed by atoms with van der Waals surface area (Å²) in [5.74, 6) is -2.09. The van der Waals surface area contributed by atoms with Crippen LogP contribution in [0.15, 0.2) is 35.7 Å². The minimum atomic E-state index is -4.69. The maximum Gasteiger partial charge on any atom is 0.397 e. The Balaban J connectivity index is 1.99. The number of nitrogens with zero attached hydrogens (tertiary/aromatic N) is 4. The maximum atomic E-state index is 13.5. The first-order chi connectivity index (χ1) is 18.1. The molecule has 3 atom stereocenters. The van der Waals surface area contributed by atoms with Gasteiger partial charge in [-0.3, -0.25) is 9.59 Å². The number of ether oxygens (including phenoxy) is 2. The number of hydrogen-bond acceptors (Lipinski definition) is 7. The highest BCUT2D eigenvalue weighted by atomic mass is 32.2. The average molecular weight is 576 g/mol. The topological polar surface area (TPSA) is 123 Å². The van der Waals surface area contributed by atoms with Gasteiger partial charge in [-0.2, -0.15) is 17.5 Å². The lowest BCUT2D eigenvalue weighted by molar-refractivity contribution is -0.150. The number of alkyl halides is 3. The van der Waals surface area contributed by atoms with Crippen LogP contribution in [-0.4, -0.2) is 91.2 Å². The third-order valence-corrected chi connectivity index (χ3v) is 8.15. The number of nitrogens with one attached hydrogen (secondary N) is 1. The number of halogens is 3. The number of likely N-dealkylation sites (N-methyl/N-ethyl adjacent to an activating group) is 1. The van der Waals surface area contributed by atoms with Crippen LogP contribution in [0.5, 0.6) is 5.75 Å². The van der Waals surface area contributed by atoms with E-state index in [0.29, 0.717) is 0 Å². The minimum absolute atomic E-state index is 0.0169. The Labute approximate surface area is 224 Å². The van der Waals surface area contributed by atoms with Crippen LogP contribution >= 0.6 is 0 Å². The number of anilines is 1. The second-order valence-corrected chi connectivity index (χ2v) is 11.4. The Hall–Kier alpha value is -3.17. The Kier molecular flexibility index (Phi) is 9.28. The smallest absolute Gasteiger partial charge is 0.397 e. The Morgan fingerprint density at radius 1 is 1.23 bits per heavy atom. The highest BCUT2D eigenvalue weighted by molar-refractivity contribution is 7.89. The highest BCUT2D eigenvalue weighted by Gasteiger charge is 2.36. The van der Waals surface area contributed by atoms with Crippen LogP contribution in [0.1, 0.15) is 30.6 Å². The van der Waals surface area contributed by atoms with Gasteiger partial charge in [-0.1, -0.05) is 6.92 Å². The van der Waals surface area contributed by atoms with Crippen molar-refractivity contribution in [2.45, 2.75) is 43.6 Å². The van der Waals surface area contributed by atoms with Gasteiger partial charge in [0.15, 0.2) is 5.03 Å². The Morgan fingerprint density at radius 3 is 2.51 bits per heavy atom. The molecule has 0 unspecified atom stereocenters. The molecule has 0 saturated heterocycles. The van der Waals surface area contributed by atoms with E-state index in [-0.39, 0.29) is 47.6 Å². The fourth-order valence-corrected chi connectivity index (χ4v) is 5.87. The molecule has 0 aliphatic carbocycles. The van der Waals surface area contributed by atoms with Crippen molar-refractivity contribution in [1.29, 1.82) is 0 Å². The van der Waals surface area contributed by atoms with Crippen LogP contribution in [0.2, 0.25) is 0 Å². The van der Waals surface area contributed by atoms with Gasteiger partial charge < -0.3 is 24.3 Å². The maximum absolute atomic E-state index is 13.5. The number of methoxy groups -OCH3 is 1. The fourth-order valence-electron chi connectivity index (χ4n) is 4.19. The van der Waals surface area contributed by atoms with Gasteiger partial charge in [0.25, 0.3) is 15.9 Å². The second-order valence-electron chi connectivity index (χ2n) is 9.60. The van der Waals surface area contributed by atoms with Gasteiger partial charge >= 0.3 is 6.18 Å². The number of sulfonamides is 1. The highest BCUT2D eigenvalue weighted by Crippen LogP contribution is 2.28. The third kappa shape index (κ3) is 7.48. The zero-order valence-electron chi connectivity index (χ0n) is 22.2. The van der Waals surface area contributed by atoms with Crippen LogP contribution in [0.25, 0.3) is 0 Å². The van der Waals surface area contributed by atoms with Crippen molar-refractivity contribution in [3.8, 4) is 5.75 Å². The first-order valence-corrected chi connectivity index (χ1v) is 13.5. The van der Waals surface area contributed by atoms with Crippen molar-refractivity contribution in [3.05, 3.63) is 36.3 Å². The van der Waals surface area contributed by atoms with Crippen molar-refractivity contribution < 1.29 is 40.7 Å². The van der Waals surface area contributed by atoms with Crippen LogP contribution in [0.3, 0.4) is 0 Å². The summed E-state index contributed by atoms with van der Waals surface area (Å²) >= 11 is 0. The molecule has 1 aliphatic rings. The first kappa shape index (κ1) is 30.4. The molecule has 15 heteroatoms. The van der Waals surface area contributed by atoms with E-state index < -0.39 is 46.6 Å². The van der Waals surface area contributed by atoms with E-state index in [1.165, 1.54) is 58.7 Å². The number of rotatable bonds is 5. The number of benzene rings is 1. The molecule has 1 aliphatic heterocycles. The number of imidazole rings is 1. The summed E-state index contributed by atoms with van der Waals surface area (Å²) in [5.41, 5.74) is -0.0405. The van der Waals surface area contributed by atoms with Gasteiger partial charge in [-0.05, 0) is 31.0 Å². The molecule has 2 aromatic rings. The van der Waals surface area contributed by atoms with Gasteiger partial charge in [0.1, 0.15) is 18.8 Å². The molecule has 0 spiro atoms. The molecule has 2 heterocycles. The predicted octanol–water partition coefficient (Wildman–Crippen LogP) is 2.51. The lowest BCUT2D eigenvalue weighted by atomic mass is 10.0. The molecule has 1 aromatic carbocycles. The van der Waals surface area contributed by atoms with Gasteiger partial charge in [0.2, 0.25) is 5.91 Å². The molecule has 0 fully saturated rings. The summed E-state index contributed by atoms with van der Waals surface area (Å²) < 4.78 is 79.2. The molecule has 39 heavy (non-hydrogen) atoms. The number of carbonyl (C=O) groups is 2. The van der Waals surface area contributed by atoms with E-state index in [1.807, 2.05) is 0 Å². The van der Waals surface area contributed by atoms with Crippen LogP contribution in [0, 0.1) is 5.92 Å². The lowest BCUT2D eigenvalue weighted by Crippen LogP contribution is -2.48. The first-order valence-electron chi connectivity index (χ1n) is 12.0. The number of amides is 2. The van der Waals surface area contributed by atoms with Crippen LogP contribution < -0.4 is 10.1 Å². The molecular formula is C24H32F3N5O6S. The molecule has 11 nitrogen and oxygen atoms in total. The van der Waals surface area contributed by atoms with Gasteiger partial charge in [-0.15, -0.1) is 0 Å². The van der Waals surface area contributed by atoms with E-state index in [4.69, 9.17) is 9.47 Å². The van der Waals surface area contributed by atoms with Crippen molar-refractivity contribution in [2.75, 3.05) is 39.2 Å². The molecule has 1 aromatic heterocycles.